The molecule has 1 N–H and O–H groups in total. The summed E-state index contributed by atoms with van der Waals surface area (Å²) in [5, 5.41) is 3.02. The number of thiocarbonyl (C=S) groups is 1. The number of nitrogens with zero attached hydrogens (tertiary/aromatic N) is 2. The molecule has 0 aliphatic carbocycles. The highest BCUT2D eigenvalue weighted by Gasteiger charge is 2.35. The molecule has 0 spiro atoms. The van der Waals surface area contributed by atoms with E-state index in [-0.39, 0.29) is 10.7 Å². The van der Waals surface area contributed by atoms with Crippen LogP contribution in [0.3, 0.4) is 0 Å². The third kappa shape index (κ3) is 4.26. The minimum atomic E-state index is -0.598. The SMILES string of the molecule is Cc1ccc(N2C(=O)/C(=C/c3cc(C)n(-c4ccc(Br)cc4F)c3C)C(=O)NC2=S)cc1Cl. The van der Waals surface area contributed by atoms with Crippen LogP contribution in [0.25, 0.3) is 11.8 Å². The van der Waals surface area contributed by atoms with Crippen LogP contribution >= 0.6 is 39.7 Å². The van der Waals surface area contributed by atoms with Gasteiger partial charge in [0.2, 0.25) is 0 Å². The number of carbonyl (C=O) groups excluding carboxylic acids is 2. The van der Waals surface area contributed by atoms with Gasteiger partial charge in [0.1, 0.15) is 11.4 Å². The Bertz CT molecular complexity index is 1380. The van der Waals surface area contributed by atoms with Crippen LogP contribution in [0.4, 0.5) is 10.1 Å². The second-order valence-corrected chi connectivity index (χ2v) is 9.36. The normalized spacial score (nSPS) is 15.4. The molecule has 0 bridgehead atoms. The third-order valence-electron chi connectivity index (χ3n) is 5.44. The Kier molecular flexibility index (Phi) is 6.26. The Labute approximate surface area is 209 Å². The zero-order valence-electron chi connectivity index (χ0n) is 17.9. The van der Waals surface area contributed by atoms with Crippen molar-refractivity contribution in [2.75, 3.05) is 4.90 Å². The molecule has 9 heteroatoms. The number of rotatable bonds is 3. The van der Waals surface area contributed by atoms with E-state index in [0.29, 0.717) is 32.1 Å². The fourth-order valence-electron chi connectivity index (χ4n) is 3.74. The minimum Gasteiger partial charge on any atom is -0.315 e. The van der Waals surface area contributed by atoms with Gasteiger partial charge in [0.05, 0.1) is 11.4 Å². The number of amides is 2. The van der Waals surface area contributed by atoms with Crippen LogP contribution in [0.5, 0.6) is 0 Å². The van der Waals surface area contributed by atoms with Gasteiger partial charge in [0.15, 0.2) is 5.11 Å². The third-order valence-corrected chi connectivity index (χ3v) is 6.62. The molecule has 4 rings (SSSR count). The highest BCUT2D eigenvalue weighted by molar-refractivity contribution is 9.10. The molecule has 0 radical (unpaired) electrons. The van der Waals surface area contributed by atoms with Crippen molar-refractivity contribution in [3.63, 3.8) is 0 Å². The van der Waals surface area contributed by atoms with E-state index in [2.05, 4.69) is 21.2 Å². The molecular weight excluding hydrogens is 529 g/mol. The van der Waals surface area contributed by atoms with Gasteiger partial charge < -0.3 is 4.57 Å². The van der Waals surface area contributed by atoms with E-state index in [1.54, 1.807) is 47.9 Å². The van der Waals surface area contributed by atoms with E-state index in [1.807, 2.05) is 13.8 Å². The van der Waals surface area contributed by atoms with Crippen LogP contribution in [-0.4, -0.2) is 21.5 Å². The smallest absolute Gasteiger partial charge is 0.270 e. The first-order chi connectivity index (χ1) is 15.6. The largest absolute Gasteiger partial charge is 0.315 e. The number of nitrogens with one attached hydrogen (secondary N) is 1. The summed E-state index contributed by atoms with van der Waals surface area (Å²) in [6.07, 6.45) is 1.50. The molecule has 1 aromatic heterocycles. The second-order valence-electron chi connectivity index (χ2n) is 7.65. The summed E-state index contributed by atoms with van der Waals surface area (Å²) in [4.78, 5) is 27.2. The van der Waals surface area contributed by atoms with E-state index >= 15 is 0 Å². The molecule has 168 valence electrons. The maximum absolute atomic E-state index is 14.6. The van der Waals surface area contributed by atoms with Crippen molar-refractivity contribution in [2.45, 2.75) is 20.8 Å². The van der Waals surface area contributed by atoms with Gasteiger partial charge in [-0.2, -0.15) is 0 Å². The first kappa shape index (κ1) is 23.4. The van der Waals surface area contributed by atoms with Crippen molar-refractivity contribution in [3.8, 4) is 5.69 Å². The summed E-state index contributed by atoms with van der Waals surface area (Å²) < 4.78 is 17.0. The van der Waals surface area contributed by atoms with Crippen LogP contribution in [0, 0.1) is 26.6 Å². The number of hydrogen-bond acceptors (Lipinski definition) is 3. The average Bonchev–Trinajstić information content (AvgIpc) is 3.01. The van der Waals surface area contributed by atoms with Crippen molar-refractivity contribution >= 4 is 68.4 Å². The van der Waals surface area contributed by atoms with Gasteiger partial charge >= 0.3 is 0 Å². The second kappa shape index (κ2) is 8.85. The van der Waals surface area contributed by atoms with Gasteiger partial charge in [0.25, 0.3) is 11.8 Å². The summed E-state index contributed by atoms with van der Waals surface area (Å²) in [5.74, 6) is -1.56. The molecule has 5 nitrogen and oxygen atoms in total. The van der Waals surface area contributed by atoms with Crippen molar-refractivity contribution < 1.29 is 14.0 Å². The van der Waals surface area contributed by atoms with E-state index in [4.69, 9.17) is 23.8 Å². The number of anilines is 1. The molecule has 0 unspecified atom stereocenters. The molecule has 2 aromatic carbocycles. The van der Waals surface area contributed by atoms with Gasteiger partial charge in [-0.15, -0.1) is 0 Å². The lowest BCUT2D eigenvalue weighted by atomic mass is 10.1. The van der Waals surface area contributed by atoms with Crippen LogP contribution in [0.1, 0.15) is 22.5 Å². The van der Waals surface area contributed by atoms with Crippen LogP contribution < -0.4 is 10.2 Å². The predicted molar refractivity (Wildman–Crippen MR) is 135 cm³/mol. The highest BCUT2D eigenvalue weighted by atomic mass is 79.9. The molecular formula is C24H18BrClFN3O2S. The Hall–Kier alpha value is -2.81. The number of hydrogen-bond donors (Lipinski definition) is 1. The zero-order chi connectivity index (χ0) is 24.0. The van der Waals surface area contributed by atoms with E-state index in [0.717, 1.165) is 11.3 Å². The van der Waals surface area contributed by atoms with Crippen molar-refractivity contribution in [1.82, 2.24) is 9.88 Å². The molecule has 2 amide bonds. The molecule has 33 heavy (non-hydrogen) atoms. The number of carbonyl (C=O) groups is 2. The number of aryl methyl sites for hydroxylation is 2. The van der Waals surface area contributed by atoms with Crippen LogP contribution in [-0.2, 0) is 9.59 Å². The molecule has 3 aromatic rings. The fourth-order valence-corrected chi connectivity index (χ4v) is 4.52. The van der Waals surface area contributed by atoms with E-state index in [9.17, 15) is 14.0 Å². The maximum atomic E-state index is 14.6. The first-order valence-corrected chi connectivity index (χ1v) is 11.5. The molecule has 1 saturated heterocycles. The topological polar surface area (TPSA) is 54.3 Å². The predicted octanol–water partition coefficient (Wildman–Crippen LogP) is 5.79. The van der Waals surface area contributed by atoms with Gasteiger partial charge in [-0.25, -0.2) is 4.39 Å². The van der Waals surface area contributed by atoms with Gasteiger partial charge in [0, 0.05) is 20.9 Å². The number of benzene rings is 2. The Morgan fingerprint density at radius 3 is 2.48 bits per heavy atom. The highest BCUT2D eigenvalue weighted by Crippen LogP contribution is 2.29. The lowest BCUT2D eigenvalue weighted by molar-refractivity contribution is -0.122. The Balaban J connectivity index is 1.78. The fraction of sp³-hybridized carbons (Fsp3) is 0.125. The molecule has 2 heterocycles. The average molecular weight is 547 g/mol. The van der Waals surface area contributed by atoms with Gasteiger partial charge in [-0.05, 0) is 86.6 Å². The number of halogens is 3. The Morgan fingerprint density at radius 1 is 1.09 bits per heavy atom. The van der Waals surface area contributed by atoms with Crippen LogP contribution in [0.2, 0.25) is 5.02 Å². The van der Waals surface area contributed by atoms with Crippen molar-refractivity contribution in [3.05, 3.63) is 85.9 Å². The zero-order valence-corrected chi connectivity index (χ0v) is 21.0. The summed E-state index contributed by atoms with van der Waals surface area (Å²) in [6.45, 7) is 5.48. The van der Waals surface area contributed by atoms with E-state index < -0.39 is 17.6 Å². The quantitative estimate of drug-likeness (QED) is 0.257. The summed E-state index contributed by atoms with van der Waals surface area (Å²) in [6, 6.07) is 11.7. The van der Waals surface area contributed by atoms with Crippen molar-refractivity contribution in [1.29, 1.82) is 0 Å². The molecule has 0 saturated carbocycles. The lowest BCUT2D eigenvalue weighted by Gasteiger charge is -2.29. The summed E-state index contributed by atoms with van der Waals surface area (Å²) in [7, 11) is 0. The monoisotopic (exact) mass is 545 g/mol. The summed E-state index contributed by atoms with van der Waals surface area (Å²) >= 11 is 14.7. The maximum Gasteiger partial charge on any atom is 0.270 e. The van der Waals surface area contributed by atoms with Gasteiger partial charge in [-0.1, -0.05) is 33.6 Å². The van der Waals surface area contributed by atoms with Crippen molar-refractivity contribution in [2.24, 2.45) is 0 Å². The van der Waals surface area contributed by atoms with Crippen LogP contribution in [0.15, 0.2) is 52.5 Å². The minimum absolute atomic E-state index is 0.0236. The first-order valence-electron chi connectivity index (χ1n) is 9.90. The number of aromatic nitrogens is 1. The molecule has 0 atom stereocenters. The molecule has 1 aliphatic rings. The molecule has 1 aliphatic heterocycles. The summed E-state index contributed by atoms with van der Waals surface area (Å²) in [5.41, 5.74) is 3.63. The molecule has 1 fully saturated rings. The van der Waals surface area contributed by atoms with Gasteiger partial charge in [-0.3, -0.25) is 19.8 Å². The standard InChI is InChI=1S/C24H18BrClFN3O2S/c1-12-4-6-17(11-19(12)26)30-23(32)18(22(31)28-24(30)33)9-15-8-13(2)29(14(15)3)21-7-5-16(25)10-20(21)27/h4-11H,1-3H3,(H,28,31,33)/b18-9+. The lowest BCUT2D eigenvalue weighted by Crippen LogP contribution is -2.54. The van der Waals surface area contributed by atoms with E-state index in [1.165, 1.54) is 17.0 Å². The Morgan fingerprint density at radius 2 is 1.82 bits per heavy atom.